The van der Waals surface area contributed by atoms with Gasteiger partial charge in [0, 0.05) is 18.3 Å². The summed E-state index contributed by atoms with van der Waals surface area (Å²) in [7, 11) is 0. The molecule has 1 fully saturated rings. The van der Waals surface area contributed by atoms with Crippen LogP contribution in [0.15, 0.2) is 59.4 Å². The molecule has 8 heteroatoms. The molecular formula is C23H23N3O4S. The lowest BCUT2D eigenvalue weighted by Gasteiger charge is -2.20. The van der Waals surface area contributed by atoms with Crippen molar-refractivity contribution in [1.82, 2.24) is 4.98 Å². The van der Waals surface area contributed by atoms with E-state index in [0.717, 1.165) is 5.69 Å². The molecule has 0 spiro atoms. The number of nitrogens with zero attached hydrogens (tertiary/aromatic N) is 2. The third kappa shape index (κ3) is 4.86. The highest BCUT2D eigenvalue weighted by molar-refractivity contribution is 7.07. The standard InChI is InChI=1S/C23H23N3O4S/c1-2-29-21-10-6-4-8-19(21)26-12-16(11-22(26)27)23(28)25-18-7-3-5-9-20(18)30-13-17-14-31-15-24-17/h3-10,14-16H,2,11-13H2,1H3,(H,25,28). The largest absolute Gasteiger partial charge is 0.492 e. The first kappa shape index (κ1) is 20.9. The molecule has 1 aliphatic rings. The van der Waals surface area contributed by atoms with E-state index in [2.05, 4.69) is 10.3 Å². The Balaban J connectivity index is 1.44. The third-order valence-electron chi connectivity index (χ3n) is 4.96. The minimum absolute atomic E-state index is 0.0969. The fourth-order valence-corrected chi connectivity index (χ4v) is 4.01. The van der Waals surface area contributed by atoms with Crippen LogP contribution < -0.4 is 19.7 Å². The number of ether oxygens (including phenoxy) is 2. The molecule has 7 nitrogen and oxygen atoms in total. The Kier molecular flexibility index (Phi) is 6.47. The molecule has 1 saturated heterocycles. The van der Waals surface area contributed by atoms with Crippen molar-refractivity contribution in [3.63, 3.8) is 0 Å². The van der Waals surface area contributed by atoms with E-state index in [1.165, 1.54) is 11.3 Å². The van der Waals surface area contributed by atoms with Crippen molar-refractivity contribution in [2.24, 2.45) is 5.92 Å². The second-order valence-electron chi connectivity index (χ2n) is 7.06. The smallest absolute Gasteiger partial charge is 0.229 e. The molecule has 4 rings (SSSR count). The van der Waals surface area contributed by atoms with Crippen molar-refractivity contribution in [1.29, 1.82) is 0 Å². The molecule has 2 heterocycles. The van der Waals surface area contributed by atoms with Crippen LogP contribution in [0.1, 0.15) is 19.0 Å². The van der Waals surface area contributed by atoms with Crippen molar-refractivity contribution >= 4 is 34.5 Å². The number of amides is 2. The van der Waals surface area contributed by atoms with Gasteiger partial charge in [0.25, 0.3) is 0 Å². The van der Waals surface area contributed by atoms with Crippen molar-refractivity contribution < 1.29 is 19.1 Å². The first-order valence-electron chi connectivity index (χ1n) is 10.1. The van der Waals surface area contributed by atoms with Crippen LogP contribution in [0.25, 0.3) is 0 Å². The molecule has 0 radical (unpaired) electrons. The Morgan fingerprint density at radius 2 is 1.94 bits per heavy atom. The molecule has 0 bridgehead atoms. The zero-order valence-electron chi connectivity index (χ0n) is 17.1. The molecule has 1 aliphatic heterocycles. The van der Waals surface area contributed by atoms with Gasteiger partial charge in [-0.3, -0.25) is 9.59 Å². The van der Waals surface area contributed by atoms with E-state index in [4.69, 9.17) is 9.47 Å². The van der Waals surface area contributed by atoms with Gasteiger partial charge < -0.3 is 19.7 Å². The number of para-hydroxylation sites is 4. The molecule has 160 valence electrons. The SMILES string of the molecule is CCOc1ccccc1N1CC(C(=O)Nc2ccccc2OCc2cscn2)CC1=O. The average Bonchev–Trinajstić information content (AvgIpc) is 3.43. The van der Waals surface area contributed by atoms with Gasteiger partial charge in [-0.15, -0.1) is 11.3 Å². The van der Waals surface area contributed by atoms with Gasteiger partial charge in [-0.05, 0) is 31.2 Å². The van der Waals surface area contributed by atoms with E-state index in [1.807, 2.05) is 48.7 Å². The molecule has 1 atom stereocenters. The number of thiazole rings is 1. The molecule has 1 unspecified atom stereocenters. The predicted octanol–water partition coefficient (Wildman–Crippen LogP) is 4.11. The van der Waals surface area contributed by atoms with E-state index in [1.54, 1.807) is 22.5 Å². The second-order valence-corrected chi connectivity index (χ2v) is 7.78. The molecule has 2 aromatic carbocycles. The number of anilines is 2. The summed E-state index contributed by atoms with van der Waals surface area (Å²) in [6, 6.07) is 14.6. The summed E-state index contributed by atoms with van der Waals surface area (Å²) in [5.74, 6) is 0.426. The molecular weight excluding hydrogens is 414 g/mol. The van der Waals surface area contributed by atoms with Gasteiger partial charge in [0.1, 0.15) is 18.1 Å². The van der Waals surface area contributed by atoms with Crippen molar-refractivity contribution in [2.45, 2.75) is 20.0 Å². The highest BCUT2D eigenvalue weighted by atomic mass is 32.1. The van der Waals surface area contributed by atoms with Gasteiger partial charge in [-0.2, -0.15) is 0 Å². The average molecular weight is 438 g/mol. The summed E-state index contributed by atoms with van der Waals surface area (Å²) >= 11 is 1.50. The van der Waals surface area contributed by atoms with Crippen LogP contribution >= 0.6 is 11.3 Å². The molecule has 3 aromatic rings. The molecule has 2 amide bonds. The Bertz CT molecular complexity index is 1050. The van der Waals surface area contributed by atoms with Crippen LogP contribution in [0.2, 0.25) is 0 Å². The van der Waals surface area contributed by atoms with Crippen molar-refractivity contribution in [3.8, 4) is 11.5 Å². The zero-order valence-corrected chi connectivity index (χ0v) is 17.9. The summed E-state index contributed by atoms with van der Waals surface area (Å²) < 4.78 is 11.5. The maximum absolute atomic E-state index is 12.9. The number of rotatable bonds is 8. The van der Waals surface area contributed by atoms with E-state index in [9.17, 15) is 9.59 Å². The predicted molar refractivity (Wildman–Crippen MR) is 120 cm³/mol. The van der Waals surface area contributed by atoms with Gasteiger partial charge >= 0.3 is 0 Å². The van der Waals surface area contributed by atoms with Gasteiger partial charge in [0.2, 0.25) is 11.8 Å². The fourth-order valence-electron chi connectivity index (χ4n) is 3.46. The first-order chi connectivity index (χ1) is 15.2. The number of carbonyl (C=O) groups excluding carboxylic acids is 2. The topological polar surface area (TPSA) is 80.8 Å². The maximum atomic E-state index is 12.9. The first-order valence-corrected chi connectivity index (χ1v) is 11.0. The van der Waals surface area contributed by atoms with Crippen molar-refractivity contribution in [2.75, 3.05) is 23.4 Å². The second kappa shape index (κ2) is 9.61. The molecule has 31 heavy (non-hydrogen) atoms. The Morgan fingerprint density at radius 3 is 2.71 bits per heavy atom. The van der Waals surface area contributed by atoms with E-state index >= 15 is 0 Å². The lowest BCUT2D eigenvalue weighted by molar-refractivity contribution is -0.122. The number of carbonyl (C=O) groups is 2. The summed E-state index contributed by atoms with van der Waals surface area (Å²) in [6.07, 6.45) is 0.147. The van der Waals surface area contributed by atoms with E-state index in [-0.39, 0.29) is 18.2 Å². The molecule has 1 aromatic heterocycles. The molecule has 0 aliphatic carbocycles. The van der Waals surface area contributed by atoms with Crippen LogP contribution in [-0.4, -0.2) is 29.9 Å². The number of benzene rings is 2. The monoisotopic (exact) mass is 437 g/mol. The van der Waals surface area contributed by atoms with Crippen LogP contribution in [0.5, 0.6) is 11.5 Å². The Labute approximate surface area is 184 Å². The van der Waals surface area contributed by atoms with Crippen molar-refractivity contribution in [3.05, 3.63) is 65.1 Å². The van der Waals surface area contributed by atoms with Crippen LogP contribution in [0.4, 0.5) is 11.4 Å². The lowest BCUT2D eigenvalue weighted by atomic mass is 10.1. The Hall–Kier alpha value is -3.39. The number of nitrogens with one attached hydrogen (secondary N) is 1. The Morgan fingerprint density at radius 1 is 1.16 bits per heavy atom. The van der Waals surface area contributed by atoms with Crippen LogP contribution in [-0.2, 0) is 16.2 Å². The summed E-state index contributed by atoms with van der Waals surface area (Å²) in [5.41, 5.74) is 3.84. The highest BCUT2D eigenvalue weighted by Crippen LogP contribution is 2.34. The highest BCUT2D eigenvalue weighted by Gasteiger charge is 2.36. The van der Waals surface area contributed by atoms with Gasteiger partial charge in [0.05, 0.1) is 35.1 Å². The number of hydrogen-bond acceptors (Lipinski definition) is 6. The van der Waals surface area contributed by atoms with Gasteiger partial charge in [-0.25, -0.2) is 4.98 Å². The molecule has 1 N–H and O–H groups in total. The summed E-state index contributed by atoms with van der Waals surface area (Å²) in [5, 5.41) is 4.84. The summed E-state index contributed by atoms with van der Waals surface area (Å²) in [6.45, 7) is 3.02. The minimum atomic E-state index is -0.464. The fraction of sp³-hybridized carbons (Fsp3) is 0.261. The van der Waals surface area contributed by atoms with Crippen LogP contribution in [0.3, 0.4) is 0 Å². The minimum Gasteiger partial charge on any atom is -0.492 e. The number of hydrogen-bond donors (Lipinski definition) is 1. The van der Waals surface area contributed by atoms with Crippen LogP contribution in [0, 0.1) is 5.92 Å². The quantitative estimate of drug-likeness (QED) is 0.574. The normalized spacial score (nSPS) is 15.7. The van der Waals surface area contributed by atoms with Gasteiger partial charge in [-0.1, -0.05) is 24.3 Å². The van der Waals surface area contributed by atoms with E-state index in [0.29, 0.717) is 42.6 Å². The number of aromatic nitrogens is 1. The molecule has 0 saturated carbocycles. The van der Waals surface area contributed by atoms with Gasteiger partial charge in [0.15, 0.2) is 0 Å². The lowest BCUT2D eigenvalue weighted by Crippen LogP contribution is -2.28. The third-order valence-corrected chi connectivity index (χ3v) is 5.59. The zero-order chi connectivity index (χ0) is 21.6. The van der Waals surface area contributed by atoms with E-state index < -0.39 is 5.92 Å². The summed E-state index contributed by atoms with van der Waals surface area (Å²) in [4.78, 5) is 31.4. The maximum Gasteiger partial charge on any atom is 0.229 e.